The molecule has 0 saturated heterocycles. The molecule has 4 rings (SSSR count). The molecule has 2 saturated carbocycles. The Balaban J connectivity index is 1.41. The van der Waals surface area contributed by atoms with Crippen molar-refractivity contribution in [3.63, 3.8) is 0 Å². The zero-order valence-corrected chi connectivity index (χ0v) is 15.2. The van der Waals surface area contributed by atoms with Gasteiger partial charge in [0.15, 0.2) is 0 Å². The Bertz CT molecular complexity index is 617. The van der Waals surface area contributed by atoms with Crippen molar-refractivity contribution in [1.29, 1.82) is 0 Å². The lowest BCUT2D eigenvalue weighted by Gasteiger charge is -2.63. The van der Waals surface area contributed by atoms with Crippen LogP contribution >= 0.6 is 0 Å². The van der Waals surface area contributed by atoms with Crippen LogP contribution < -0.4 is 0 Å². The summed E-state index contributed by atoms with van der Waals surface area (Å²) in [6, 6.07) is 1.10. The van der Waals surface area contributed by atoms with Gasteiger partial charge in [-0.15, -0.1) is 5.10 Å². The van der Waals surface area contributed by atoms with Gasteiger partial charge in [0.05, 0.1) is 12.3 Å². The van der Waals surface area contributed by atoms with Gasteiger partial charge in [-0.1, -0.05) is 17.7 Å². The third-order valence-electron chi connectivity index (χ3n) is 6.60. The third-order valence-corrected chi connectivity index (χ3v) is 6.60. The minimum absolute atomic E-state index is 0.369. The van der Waals surface area contributed by atoms with Gasteiger partial charge < -0.3 is 4.74 Å². The summed E-state index contributed by atoms with van der Waals surface area (Å²) in [6.07, 6.45) is 12.5. The molecule has 2 aliphatic carbocycles. The second-order valence-electron chi connectivity index (χ2n) is 8.04. The van der Waals surface area contributed by atoms with Gasteiger partial charge in [-0.05, 0) is 51.5 Å². The number of nitrogens with zero attached hydrogens (tertiary/aromatic N) is 4. The molecule has 0 amide bonds. The fourth-order valence-electron chi connectivity index (χ4n) is 4.91. The Labute approximate surface area is 145 Å². The molecule has 2 fully saturated rings. The first kappa shape index (κ1) is 16.3. The summed E-state index contributed by atoms with van der Waals surface area (Å²) in [5.74, 6) is 0. The van der Waals surface area contributed by atoms with Crippen molar-refractivity contribution in [2.45, 2.75) is 70.6 Å². The van der Waals surface area contributed by atoms with E-state index in [1.165, 1.54) is 37.8 Å². The number of hydrogen-bond donors (Lipinski definition) is 0. The molecule has 5 nitrogen and oxygen atoms in total. The van der Waals surface area contributed by atoms with Gasteiger partial charge in [-0.2, -0.15) is 0 Å². The topological polar surface area (TPSA) is 43.2 Å². The highest BCUT2D eigenvalue weighted by Crippen LogP contribution is 2.59. The maximum Gasteiger partial charge on any atom is 0.108 e. The second kappa shape index (κ2) is 6.26. The van der Waals surface area contributed by atoms with Crippen molar-refractivity contribution >= 4 is 5.57 Å². The molecule has 0 radical (unpaired) electrons. The molecule has 2 unspecified atom stereocenters. The molecule has 0 bridgehead atoms. The van der Waals surface area contributed by atoms with Crippen molar-refractivity contribution < 1.29 is 4.74 Å². The normalized spacial score (nSPS) is 29.9. The van der Waals surface area contributed by atoms with E-state index in [0.29, 0.717) is 17.6 Å². The van der Waals surface area contributed by atoms with Gasteiger partial charge in [0.1, 0.15) is 5.69 Å². The average Bonchev–Trinajstić information content (AvgIpc) is 2.86. The molecular formula is C19H30N4O. The Hall–Kier alpha value is -1.20. The van der Waals surface area contributed by atoms with Crippen LogP contribution in [0.25, 0.3) is 5.57 Å². The van der Waals surface area contributed by atoms with E-state index in [1.807, 2.05) is 11.8 Å². The molecule has 3 aliphatic rings. The molecule has 24 heavy (non-hydrogen) atoms. The number of aromatic nitrogens is 3. The molecular weight excluding hydrogens is 300 g/mol. The standard InChI is InChI=1S/C19H30N4O/c1-14(2)23-13-16(20-21-23)15-6-4-10-22(11-7-15)17-12-18(24-3)19(17)8-5-9-19/h6,13-14,17-18H,4-5,7-12H2,1-3H3. The molecule has 5 heteroatoms. The summed E-state index contributed by atoms with van der Waals surface area (Å²) in [5, 5.41) is 8.66. The van der Waals surface area contributed by atoms with Crippen molar-refractivity contribution in [3.05, 3.63) is 18.0 Å². The summed E-state index contributed by atoms with van der Waals surface area (Å²) in [4.78, 5) is 2.73. The van der Waals surface area contributed by atoms with E-state index in [2.05, 4.69) is 41.3 Å². The van der Waals surface area contributed by atoms with Gasteiger partial charge in [0, 0.05) is 37.7 Å². The summed E-state index contributed by atoms with van der Waals surface area (Å²) >= 11 is 0. The molecule has 0 N–H and O–H groups in total. The number of ether oxygens (including phenoxy) is 1. The van der Waals surface area contributed by atoms with E-state index >= 15 is 0 Å². The van der Waals surface area contributed by atoms with E-state index in [-0.39, 0.29) is 0 Å². The minimum atomic E-state index is 0.369. The van der Waals surface area contributed by atoms with Crippen LogP contribution in [-0.4, -0.2) is 52.2 Å². The van der Waals surface area contributed by atoms with Crippen LogP contribution in [0.2, 0.25) is 0 Å². The summed E-state index contributed by atoms with van der Waals surface area (Å²) in [6.45, 7) is 6.60. The zero-order chi connectivity index (χ0) is 16.7. The Morgan fingerprint density at radius 1 is 1.29 bits per heavy atom. The first-order valence-electron chi connectivity index (χ1n) is 9.52. The van der Waals surface area contributed by atoms with E-state index in [4.69, 9.17) is 4.74 Å². The van der Waals surface area contributed by atoms with Crippen LogP contribution in [-0.2, 0) is 4.74 Å². The molecule has 2 heterocycles. The van der Waals surface area contributed by atoms with E-state index in [1.54, 1.807) is 0 Å². The van der Waals surface area contributed by atoms with Crippen LogP contribution in [0.5, 0.6) is 0 Å². The van der Waals surface area contributed by atoms with Crippen molar-refractivity contribution in [3.8, 4) is 0 Å². The maximum absolute atomic E-state index is 5.75. The van der Waals surface area contributed by atoms with Crippen LogP contribution in [0.15, 0.2) is 12.3 Å². The van der Waals surface area contributed by atoms with E-state index in [0.717, 1.165) is 31.1 Å². The summed E-state index contributed by atoms with van der Waals surface area (Å²) < 4.78 is 7.71. The predicted molar refractivity (Wildman–Crippen MR) is 94.7 cm³/mol. The predicted octanol–water partition coefficient (Wildman–Crippen LogP) is 3.30. The van der Waals surface area contributed by atoms with Gasteiger partial charge >= 0.3 is 0 Å². The van der Waals surface area contributed by atoms with Gasteiger partial charge in [0.25, 0.3) is 0 Å². The zero-order valence-electron chi connectivity index (χ0n) is 15.2. The van der Waals surface area contributed by atoms with Gasteiger partial charge in [-0.3, -0.25) is 4.90 Å². The summed E-state index contributed by atoms with van der Waals surface area (Å²) in [5.41, 5.74) is 2.90. The SMILES string of the molecule is COC1CC(N2CCC=C(c3cn(C(C)C)nn3)CC2)C12CCC2. The highest BCUT2D eigenvalue weighted by molar-refractivity contribution is 5.62. The molecule has 132 valence electrons. The Morgan fingerprint density at radius 2 is 2.12 bits per heavy atom. The van der Waals surface area contributed by atoms with Crippen LogP contribution in [0.3, 0.4) is 0 Å². The highest BCUT2D eigenvalue weighted by atomic mass is 16.5. The molecule has 2 atom stereocenters. The van der Waals surface area contributed by atoms with Crippen molar-refractivity contribution in [1.82, 2.24) is 19.9 Å². The average molecular weight is 330 g/mol. The van der Waals surface area contributed by atoms with E-state index in [9.17, 15) is 0 Å². The minimum Gasteiger partial charge on any atom is -0.381 e. The van der Waals surface area contributed by atoms with Gasteiger partial charge in [0.2, 0.25) is 0 Å². The monoisotopic (exact) mass is 330 g/mol. The van der Waals surface area contributed by atoms with Gasteiger partial charge in [-0.25, -0.2) is 4.68 Å². The van der Waals surface area contributed by atoms with E-state index < -0.39 is 0 Å². The lowest BCUT2D eigenvalue weighted by Crippen LogP contribution is -2.67. The quantitative estimate of drug-likeness (QED) is 0.849. The first-order chi connectivity index (χ1) is 11.6. The Morgan fingerprint density at radius 3 is 2.75 bits per heavy atom. The fraction of sp³-hybridized carbons (Fsp3) is 0.789. The lowest BCUT2D eigenvalue weighted by molar-refractivity contribution is -0.194. The second-order valence-corrected chi connectivity index (χ2v) is 8.04. The molecule has 1 spiro atoms. The summed E-state index contributed by atoms with van der Waals surface area (Å²) in [7, 11) is 1.89. The number of rotatable bonds is 4. The largest absolute Gasteiger partial charge is 0.381 e. The maximum atomic E-state index is 5.75. The number of methoxy groups -OCH3 is 1. The Kier molecular flexibility index (Phi) is 4.25. The van der Waals surface area contributed by atoms with Crippen molar-refractivity contribution in [2.24, 2.45) is 5.41 Å². The molecule has 0 aromatic carbocycles. The highest BCUT2D eigenvalue weighted by Gasteiger charge is 2.60. The molecule has 1 aliphatic heterocycles. The van der Waals surface area contributed by atoms with Crippen LogP contribution in [0.4, 0.5) is 0 Å². The molecule has 1 aromatic heterocycles. The lowest BCUT2D eigenvalue weighted by atomic mass is 9.50. The van der Waals surface area contributed by atoms with Crippen molar-refractivity contribution in [2.75, 3.05) is 20.2 Å². The smallest absolute Gasteiger partial charge is 0.108 e. The first-order valence-corrected chi connectivity index (χ1v) is 9.52. The molecule has 1 aromatic rings. The number of hydrogen-bond acceptors (Lipinski definition) is 4. The fourth-order valence-corrected chi connectivity index (χ4v) is 4.91. The van der Waals surface area contributed by atoms with Crippen LogP contribution in [0, 0.1) is 5.41 Å². The third kappa shape index (κ3) is 2.53. The van der Waals surface area contributed by atoms with Crippen LogP contribution in [0.1, 0.15) is 64.1 Å².